The van der Waals surface area contributed by atoms with Crippen molar-refractivity contribution in [2.45, 2.75) is 18.3 Å². The van der Waals surface area contributed by atoms with Crippen LogP contribution in [0.5, 0.6) is 0 Å². The Morgan fingerprint density at radius 1 is 1.45 bits per heavy atom. The fourth-order valence-corrected chi connectivity index (χ4v) is 4.35. The molecular weight excluding hydrogens is 370 g/mol. The monoisotopic (exact) mass is 383 g/mol. The maximum absolute atomic E-state index is 12.5. The highest BCUT2D eigenvalue weighted by molar-refractivity contribution is 9.10. The molecule has 2 heterocycles. The molecule has 2 aliphatic heterocycles. The van der Waals surface area contributed by atoms with Gasteiger partial charge < -0.3 is 14.7 Å². The summed E-state index contributed by atoms with van der Waals surface area (Å²) in [4.78, 5) is 26.0. The molecule has 116 valence electrons. The fourth-order valence-electron chi connectivity index (χ4n) is 2.65. The number of rotatable bonds is 3. The molecule has 1 aromatic carbocycles. The van der Waals surface area contributed by atoms with E-state index in [1.165, 1.54) is 0 Å². The SMILES string of the molecule is CCOC(=O)C1=C(O)C2CSC(c3ccc(Br)cc3)N2C1=O. The molecule has 0 saturated carbocycles. The lowest BCUT2D eigenvalue weighted by atomic mass is 10.2. The quantitative estimate of drug-likeness (QED) is 0.641. The number of aliphatic hydroxyl groups excluding tert-OH is 1. The fraction of sp³-hybridized carbons (Fsp3) is 0.333. The van der Waals surface area contributed by atoms with Crippen molar-refractivity contribution >= 4 is 39.6 Å². The van der Waals surface area contributed by atoms with Gasteiger partial charge in [-0.3, -0.25) is 4.79 Å². The zero-order chi connectivity index (χ0) is 15.9. The zero-order valence-corrected chi connectivity index (χ0v) is 14.2. The first-order chi connectivity index (χ1) is 10.5. The predicted molar refractivity (Wildman–Crippen MR) is 86.3 cm³/mol. The third-order valence-corrected chi connectivity index (χ3v) is 5.51. The molecular formula is C15H14BrNO4S. The van der Waals surface area contributed by atoms with E-state index in [2.05, 4.69) is 15.9 Å². The number of halogens is 1. The molecule has 2 unspecified atom stereocenters. The van der Waals surface area contributed by atoms with Crippen LogP contribution in [0.3, 0.4) is 0 Å². The van der Waals surface area contributed by atoms with Crippen LogP contribution in [0.2, 0.25) is 0 Å². The van der Waals surface area contributed by atoms with Gasteiger partial charge in [0.05, 0.1) is 6.61 Å². The number of aliphatic hydroxyl groups is 1. The minimum Gasteiger partial charge on any atom is -0.509 e. The summed E-state index contributed by atoms with van der Waals surface area (Å²) >= 11 is 4.95. The molecule has 2 aliphatic rings. The maximum atomic E-state index is 12.5. The molecule has 0 aliphatic carbocycles. The highest BCUT2D eigenvalue weighted by Gasteiger charge is 2.50. The number of thioether (sulfide) groups is 1. The third-order valence-electron chi connectivity index (χ3n) is 3.66. The third kappa shape index (κ3) is 2.42. The van der Waals surface area contributed by atoms with Crippen molar-refractivity contribution in [3.63, 3.8) is 0 Å². The van der Waals surface area contributed by atoms with E-state index in [-0.39, 0.29) is 23.3 Å². The van der Waals surface area contributed by atoms with Crippen LogP contribution in [0.25, 0.3) is 0 Å². The minimum absolute atomic E-state index is 0.165. The molecule has 5 nitrogen and oxygen atoms in total. The number of esters is 1. The Morgan fingerprint density at radius 2 is 2.14 bits per heavy atom. The summed E-state index contributed by atoms with van der Waals surface area (Å²) in [5.74, 6) is -0.824. The molecule has 1 saturated heterocycles. The van der Waals surface area contributed by atoms with Gasteiger partial charge in [0.2, 0.25) is 0 Å². The molecule has 3 rings (SSSR count). The first-order valence-electron chi connectivity index (χ1n) is 6.84. The molecule has 1 fully saturated rings. The Kier molecular flexibility index (Phi) is 4.18. The molecule has 0 radical (unpaired) electrons. The van der Waals surface area contributed by atoms with Crippen molar-refractivity contribution < 1.29 is 19.4 Å². The van der Waals surface area contributed by atoms with Crippen LogP contribution in [0, 0.1) is 0 Å². The number of benzene rings is 1. The van der Waals surface area contributed by atoms with E-state index in [1.54, 1.807) is 23.6 Å². The standard InChI is InChI=1S/C15H14BrNO4S/c1-2-21-15(20)11-12(18)10-7-22-14(17(10)13(11)19)8-3-5-9(16)6-4-8/h3-6,10,14,18H,2,7H2,1H3. The predicted octanol–water partition coefficient (Wildman–Crippen LogP) is 2.78. The van der Waals surface area contributed by atoms with E-state index >= 15 is 0 Å². The summed E-state index contributed by atoms with van der Waals surface area (Å²) in [6.07, 6.45) is 0. The lowest BCUT2D eigenvalue weighted by Crippen LogP contribution is -2.34. The van der Waals surface area contributed by atoms with Crippen LogP contribution in [-0.4, -0.2) is 40.3 Å². The number of carbonyl (C=O) groups is 2. The van der Waals surface area contributed by atoms with Gasteiger partial charge in [0.25, 0.3) is 5.91 Å². The van der Waals surface area contributed by atoms with E-state index in [4.69, 9.17) is 4.74 Å². The summed E-state index contributed by atoms with van der Waals surface area (Å²) in [6.45, 7) is 1.83. The van der Waals surface area contributed by atoms with Gasteiger partial charge in [-0.15, -0.1) is 11.8 Å². The average Bonchev–Trinajstić information content (AvgIpc) is 3.02. The van der Waals surface area contributed by atoms with Gasteiger partial charge in [-0.05, 0) is 24.6 Å². The first kappa shape index (κ1) is 15.4. The van der Waals surface area contributed by atoms with E-state index in [0.717, 1.165) is 10.0 Å². The number of carbonyl (C=O) groups excluding carboxylic acids is 2. The second-order valence-electron chi connectivity index (χ2n) is 4.95. The molecule has 7 heteroatoms. The molecule has 22 heavy (non-hydrogen) atoms. The summed E-state index contributed by atoms with van der Waals surface area (Å²) < 4.78 is 5.83. The van der Waals surface area contributed by atoms with Crippen LogP contribution in [0.1, 0.15) is 17.9 Å². The smallest absolute Gasteiger partial charge is 0.347 e. The van der Waals surface area contributed by atoms with Crippen molar-refractivity contribution in [2.75, 3.05) is 12.4 Å². The summed E-state index contributed by atoms with van der Waals surface area (Å²) in [5.41, 5.74) is 0.733. The molecule has 0 bridgehead atoms. The highest BCUT2D eigenvalue weighted by atomic mass is 79.9. The van der Waals surface area contributed by atoms with Gasteiger partial charge >= 0.3 is 5.97 Å². The van der Waals surface area contributed by atoms with E-state index < -0.39 is 17.9 Å². The van der Waals surface area contributed by atoms with Gasteiger partial charge in [0.15, 0.2) is 5.57 Å². The van der Waals surface area contributed by atoms with E-state index in [9.17, 15) is 14.7 Å². The van der Waals surface area contributed by atoms with Crippen molar-refractivity contribution in [3.8, 4) is 0 Å². The summed E-state index contributed by atoms with van der Waals surface area (Å²) in [5, 5.41) is 10.0. The molecule has 1 N–H and O–H groups in total. The minimum atomic E-state index is -0.751. The maximum Gasteiger partial charge on any atom is 0.347 e. The largest absolute Gasteiger partial charge is 0.509 e. The van der Waals surface area contributed by atoms with Crippen LogP contribution in [0.15, 0.2) is 40.1 Å². The number of hydrogen-bond donors (Lipinski definition) is 1. The van der Waals surface area contributed by atoms with Crippen molar-refractivity contribution in [1.29, 1.82) is 0 Å². The Hall–Kier alpha value is -1.47. The van der Waals surface area contributed by atoms with Crippen molar-refractivity contribution in [2.24, 2.45) is 0 Å². The number of nitrogens with zero attached hydrogens (tertiary/aromatic N) is 1. The average molecular weight is 384 g/mol. The molecule has 2 atom stereocenters. The van der Waals surface area contributed by atoms with Crippen molar-refractivity contribution in [3.05, 3.63) is 45.6 Å². The zero-order valence-electron chi connectivity index (χ0n) is 11.8. The molecule has 0 spiro atoms. The molecule has 1 aromatic rings. The Balaban J connectivity index is 1.90. The van der Waals surface area contributed by atoms with Gasteiger partial charge in [-0.25, -0.2) is 4.79 Å². The molecule has 0 aromatic heterocycles. The van der Waals surface area contributed by atoms with Crippen LogP contribution in [0.4, 0.5) is 0 Å². The highest BCUT2D eigenvalue weighted by Crippen LogP contribution is 2.47. The van der Waals surface area contributed by atoms with E-state index in [0.29, 0.717) is 5.75 Å². The number of ether oxygens (including phenoxy) is 1. The number of hydrogen-bond acceptors (Lipinski definition) is 5. The van der Waals surface area contributed by atoms with Gasteiger partial charge in [0, 0.05) is 10.2 Å². The Labute approximate surface area is 140 Å². The molecule has 1 amide bonds. The summed E-state index contributed by atoms with van der Waals surface area (Å²) in [6, 6.07) is 7.21. The lowest BCUT2D eigenvalue weighted by molar-refractivity contribution is -0.141. The normalized spacial score (nSPS) is 23.9. The van der Waals surface area contributed by atoms with Crippen molar-refractivity contribution in [1.82, 2.24) is 4.90 Å². The Morgan fingerprint density at radius 3 is 2.77 bits per heavy atom. The van der Waals surface area contributed by atoms with Gasteiger partial charge in [-0.2, -0.15) is 0 Å². The number of fused-ring (bicyclic) bond motifs is 1. The summed E-state index contributed by atoms with van der Waals surface area (Å²) in [7, 11) is 0. The first-order valence-corrected chi connectivity index (χ1v) is 8.68. The second-order valence-corrected chi connectivity index (χ2v) is 6.98. The second kappa shape index (κ2) is 5.96. The van der Waals surface area contributed by atoms with Gasteiger partial charge in [-0.1, -0.05) is 28.1 Å². The van der Waals surface area contributed by atoms with E-state index in [1.807, 2.05) is 24.3 Å². The number of amides is 1. The lowest BCUT2D eigenvalue weighted by Gasteiger charge is -2.23. The topological polar surface area (TPSA) is 66.8 Å². The van der Waals surface area contributed by atoms with Crippen LogP contribution in [-0.2, 0) is 14.3 Å². The van der Waals surface area contributed by atoms with Gasteiger partial charge in [0.1, 0.15) is 17.2 Å². The Bertz CT molecular complexity index is 658. The van der Waals surface area contributed by atoms with Crippen LogP contribution >= 0.6 is 27.7 Å². The van der Waals surface area contributed by atoms with Crippen LogP contribution < -0.4 is 0 Å².